The quantitative estimate of drug-likeness (QED) is 0.439. The van der Waals surface area contributed by atoms with E-state index in [1.165, 1.54) is 0 Å². The molecule has 4 rings (SSSR count). The SMILES string of the molecule is Cc1nn(C)c2nc(Nc3c(NC4=CC(Cl)=NC(Cl)=CC4)c(=O)c3=O)cc(C(C)C)c12. The van der Waals surface area contributed by atoms with Crippen molar-refractivity contribution in [1.82, 2.24) is 14.8 Å². The third-order valence-corrected chi connectivity index (χ3v) is 5.50. The van der Waals surface area contributed by atoms with E-state index in [0.717, 1.165) is 16.6 Å². The molecule has 0 saturated heterocycles. The van der Waals surface area contributed by atoms with Gasteiger partial charge in [-0.3, -0.25) is 14.3 Å². The van der Waals surface area contributed by atoms with Gasteiger partial charge in [0.15, 0.2) is 5.65 Å². The number of nitrogens with one attached hydrogen (secondary N) is 2. The summed E-state index contributed by atoms with van der Waals surface area (Å²) < 4.78 is 1.71. The van der Waals surface area contributed by atoms with Gasteiger partial charge in [-0.25, -0.2) is 9.98 Å². The summed E-state index contributed by atoms with van der Waals surface area (Å²) in [6.07, 6.45) is 3.60. The van der Waals surface area contributed by atoms with Gasteiger partial charge >= 0.3 is 0 Å². The molecule has 1 aliphatic rings. The van der Waals surface area contributed by atoms with Crippen molar-refractivity contribution in [2.75, 3.05) is 10.6 Å². The Kier molecular flexibility index (Phi) is 5.45. The summed E-state index contributed by atoms with van der Waals surface area (Å²) >= 11 is 11.9. The number of aryl methyl sites for hydroxylation is 2. The Balaban J connectivity index is 1.71. The van der Waals surface area contributed by atoms with Crippen molar-refractivity contribution in [3.05, 3.63) is 60.8 Å². The normalized spacial score (nSPS) is 14.5. The first-order valence-corrected chi connectivity index (χ1v) is 10.4. The molecule has 0 unspecified atom stereocenters. The molecule has 0 saturated carbocycles. The van der Waals surface area contributed by atoms with E-state index in [0.29, 0.717) is 23.6 Å². The zero-order valence-electron chi connectivity index (χ0n) is 17.4. The van der Waals surface area contributed by atoms with Crippen LogP contribution in [0.2, 0.25) is 0 Å². The highest BCUT2D eigenvalue weighted by molar-refractivity contribution is 6.68. The van der Waals surface area contributed by atoms with Crippen LogP contribution in [0.1, 0.15) is 37.4 Å². The Bertz CT molecular complexity index is 1370. The summed E-state index contributed by atoms with van der Waals surface area (Å²) in [5.74, 6) is 0.681. The summed E-state index contributed by atoms with van der Waals surface area (Å²) in [4.78, 5) is 33.1. The molecule has 8 nitrogen and oxygen atoms in total. The third kappa shape index (κ3) is 3.88. The molecule has 1 aliphatic heterocycles. The molecule has 160 valence electrons. The maximum Gasteiger partial charge on any atom is 0.253 e. The highest BCUT2D eigenvalue weighted by Crippen LogP contribution is 2.31. The van der Waals surface area contributed by atoms with E-state index < -0.39 is 10.9 Å². The largest absolute Gasteiger partial charge is 0.353 e. The maximum atomic E-state index is 12.3. The van der Waals surface area contributed by atoms with E-state index in [-0.39, 0.29) is 27.6 Å². The number of hydrogen-bond acceptors (Lipinski definition) is 7. The van der Waals surface area contributed by atoms with Crippen LogP contribution in [0, 0.1) is 6.92 Å². The molecule has 0 fully saturated rings. The highest BCUT2D eigenvalue weighted by atomic mass is 35.5. The molecule has 0 aliphatic carbocycles. The molecule has 0 spiro atoms. The van der Waals surface area contributed by atoms with E-state index in [2.05, 4.69) is 39.6 Å². The van der Waals surface area contributed by atoms with Gasteiger partial charge in [0.05, 0.1) is 5.69 Å². The summed E-state index contributed by atoms with van der Waals surface area (Å²) in [6.45, 7) is 6.10. The van der Waals surface area contributed by atoms with Crippen LogP contribution in [0.5, 0.6) is 0 Å². The lowest BCUT2D eigenvalue weighted by molar-refractivity contribution is 0.774. The Morgan fingerprint density at radius 3 is 2.48 bits per heavy atom. The van der Waals surface area contributed by atoms with Crippen molar-refractivity contribution in [2.45, 2.75) is 33.1 Å². The molecule has 0 bridgehead atoms. The second-order valence-corrected chi connectivity index (χ2v) is 8.43. The molecule has 2 N–H and O–H groups in total. The maximum absolute atomic E-state index is 12.3. The van der Waals surface area contributed by atoms with E-state index in [9.17, 15) is 9.59 Å². The minimum absolute atomic E-state index is 0.152. The standard InChI is InChI=1S/C21H20Cl2N6O2/c1-9(2)12-8-15(27-21-16(12)10(3)28-29(21)4)26-18-17(19(30)20(18)31)24-11-5-6-13(22)25-14(23)7-11/h6-9,24H,5H2,1-4H3,(H,26,27). The Morgan fingerprint density at radius 1 is 1.13 bits per heavy atom. The van der Waals surface area contributed by atoms with Gasteiger partial charge in [-0.1, -0.05) is 37.0 Å². The van der Waals surface area contributed by atoms with Crippen LogP contribution in [-0.2, 0) is 7.05 Å². The Hall–Kier alpha value is -2.97. The van der Waals surface area contributed by atoms with Crippen LogP contribution in [0.4, 0.5) is 17.2 Å². The van der Waals surface area contributed by atoms with Crippen LogP contribution >= 0.6 is 23.2 Å². The number of rotatable bonds is 5. The third-order valence-electron chi connectivity index (χ3n) is 5.07. The van der Waals surface area contributed by atoms with Crippen LogP contribution in [0.15, 0.2) is 43.7 Å². The molecule has 31 heavy (non-hydrogen) atoms. The molecule has 3 heterocycles. The number of aromatic nitrogens is 3. The van der Waals surface area contributed by atoms with Crippen molar-refractivity contribution in [3.8, 4) is 0 Å². The van der Waals surface area contributed by atoms with E-state index in [1.54, 1.807) is 16.8 Å². The fraction of sp³-hybridized carbons (Fsp3) is 0.286. The van der Waals surface area contributed by atoms with Crippen LogP contribution in [0.3, 0.4) is 0 Å². The van der Waals surface area contributed by atoms with Crippen molar-refractivity contribution in [2.24, 2.45) is 12.0 Å². The van der Waals surface area contributed by atoms with E-state index >= 15 is 0 Å². The molecule has 0 atom stereocenters. The smallest absolute Gasteiger partial charge is 0.253 e. The number of anilines is 3. The first-order valence-electron chi connectivity index (χ1n) is 9.67. The Labute approximate surface area is 188 Å². The minimum atomic E-state index is -0.614. The fourth-order valence-corrected chi connectivity index (χ4v) is 4.01. The number of aliphatic imine (C=N–C) groups is 1. The number of hydrogen-bond donors (Lipinski definition) is 2. The average molecular weight is 459 g/mol. The van der Waals surface area contributed by atoms with Gasteiger partial charge < -0.3 is 10.6 Å². The topological polar surface area (TPSA) is 101 Å². The monoisotopic (exact) mass is 458 g/mol. The van der Waals surface area contributed by atoms with Gasteiger partial charge in [-0.2, -0.15) is 5.10 Å². The van der Waals surface area contributed by atoms with Gasteiger partial charge in [0, 0.05) is 24.6 Å². The first kappa shape index (κ1) is 21.3. The van der Waals surface area contributed by atoms with Crippen molar-refractivity contribution >= 4 is 56.6 Å². The second kappa shape index (κ2) is 7.94. The number of fused-ring (bicyclic) bond motifs is 1. The molecule has 1 aromatic carbocycles. The summed E-state index contributed by atoms with van der Waals surface area (Å²) in [6, 6.07) is 1.89. The van der Waals surface area contributed by atoms with Gasteiger partial charge in [-0.15, -0.1) is 0 Å². The van der Waals surface area contributed by atoms with Gasteiger partial charge in [0.1, 0.15) is 27.5 Å². The second-order valence-electron chi connectivity index (χ2n) is 7.65. The lowest BCUT2D eigenvalue weighted by Crippen LogP contribution is -2.36. The first-order chi connectivity index (χ1) is 14.7. The fourth-order valence-electron chi connectivity index (χ4n) is 3.58. The van der Waals surface area contributed by atoms with Crippen molar-refractivity contribution in [3.63, 3.8) is 0 Å². The molecule has 0 amide bonds. The highest BCUT2D eigenvalue weighted by Gasteiger charge is 2.24. The summed E-state index contributed by atoms with van der Waals surface area (Å²) in [5, 5.41) is 11.9. The van der Waals surface area contributed by atoms with Crippen LogP contribution in [0.25, 0.3) is 11.0 Å². The molecular weight excluding hydrogens is 439 g/mol. The lowest BCUT2D eigenvalue weighted by Gasteiger charge is -2.17. The number of allylic oxidation sites excluding steroid dienone is 2. The molecular formula is C21H20Cl2N6O2. The molecule has 10 heteroatoms. The lowest BCUT2D eigenvalue weighted by atomic mass is 9.99. The summed E-state index contributed by atoms with van der Waals surface area (Å²) in [5.41, 5.74) is 2.32. The van der Waals surface area contributed by atoms with Crippen LogP contribution < -0.4 is 21.5 Å². The predicted octanol–water partition coefficient (Wildman–Crippen LogP) is 4.16. The molecule has 0 radical (unpaired) electrons. The molecule has 2 aromatic heterocycles. The van der Waals surface area contributed by atoms with Crippen molar-refractivity contribution in [1.29, 1.82) is 0 Å². The number of halogens is 2. The number of pyridine rings is 1. The van der Waals surface area contributed by atoms with Gasteiger partial charge in [0.25, 0.3) is 10.9 Å². The van der Waals surface area contributed by atoms with E-state index in [4.69, 9.17) is 23.2 Å². The van der Waals surface area contributed by atoms with Gasteiger partial charge in [-0.05, 0) is 36.6 Å². The zero-order valence-corrected chi connectivity index (χ0v) is 18.9. The molecule has 3 aromatic rings. The number of nitrogens with zero attached hydrogens (tertiary/aromatic N) is 4. The average Bonchev–Trinajstić information content (AvgIpc) is 2.89. The Morgan fingerprint density at radius 2 is 1.81 bits per heavy atom. The van der Waals surface area contributed by atoms with Gasteiger partial charge in [0.2, 0.25) is 0 Å². The van der Waals surface area contributed by atoms with E-state index in [1.807, 2.05) is 20.0 Å². The van der Waals surface area contributed by atoms with Crippen molar-refractivity contribution < 1.29 is 0 Å². The predicted molar refractivity (Wildman–Crippen MR) is 126 cm³/mol. The van der Waals surface area contributed by atoms with Crippen LogP contribution in [-0.4, -0.2) is 19.9 Å². The zero-order chi connectivity index (χ0) is 22.4. The summed E-state index contributed by atoms with van der Waals surface area (Å²) in [7, 11) is 1.82. The minimum Gasteiger partial charge on any atom is -0.353 e.